The minimum absolute atomic E-state index is 0.422. The van der Waals surface area contributed by atoms with Gasteiger partial charge in [-0.1, -0.05) is 34.9 Å². The van der Waals surface area contributed by atoms with Crippen LogP contribution in [0, 0.1) is 0 Å². The van der Waals surface area contributed by atoms with E-state index < -0.39 is 0 Å². The van der Waals surface area contributed by atoms with Gasteiger partial charge in [0.1, 0.15) is 0 Å². The van der Waals surface area contributed by atoms with Crippen molar-refractivity contribution < 1.29 is 4.74 Å². The number of rotatable bonds is 4. The zero-order chi connectivity index (χ0) is 10.5. The third-order valence-corrected chi connectivity index (χ3v) is 5.39. The smallest absolute Gasteiger partial charge is 0.175 e. The first kappa shape index (κ1) is 11.7. The molecule has 0 spiro atoms. The molecule has 1 fully saturated rings. The van der Waals surface area contributed by atoms with Gasteiger partial charge in [-0.2, -0.15) is 0 Å². The predicted molar refractivity (Wildman–Crippen MR) is 66.0 cm³/mol. The van der Waals surface area contributed by atoms with Crippen LogP contribution in [-0.2, 0) is 4.74 Å². The third-order valence-electron chi connectivity index (χ3n) is 2.23. The lowest BCUT2D eigenvalue weighted by atomic mass is 10.1. The molecule has 84 valence electrons. The summed E-state index contributed by atoms with van der Waals surface area (Å²) in [5, 5.41) is 8.19. The van der Waals surface area contributed by atoms with Gasteiger partial charge in [0, 0.05) is 12.4 Å². The zero-order valence-electron chi connectivity index (χ0n) is 8.64. The van der Waals surface area contributed by atoms with Crippen LogP contribution in [0.5, 0.6) is 0 Å². The fourth-order valence-corrected chi connectivity index (χ4v) is 3.97. The monoisotopic (exact) mass is 262 g/mol. The molecule has 0 N–H and O–H groups in total. The predicted octanol–water partition coefficient (Wildman–Crippen LogP) is 2.92. The molecule has 0 aromatic carbocycles. The van der Waals surface area contributed by atoms with Crippen molar-refractivity contribution >= 4 is 34.9 Å². The van der Waals surface area contributed by atoms with Gasteiger partial charge < -0.3 is 4.74 Å². The van der Waals surface area contributed by atoms with E-state index in [1.807, 2.05) is 6.26 Å². The molecule has 0 saturated carbocycles. The summed E-state index contributed by atoms with van der Waals surface area (Å²) in [5.74, 6) is 1.02. The molecule has 2 rings (SSSR count). The van der Waals surface area contributed by atoms with Gasteiger partial charge in [0.2, 0.25) is 0 Å². The molecule has 1 aliphatic rings. The third kappa shape index (κ3) is 3.62. The molecule has 15 heavy (non-hydrogen) atoms. The average molecular weight is 262 g/mol. The van der Waals surface area contributed by atoms with Crippen molar-refractivity contribution in [1.82, 2.24) is 10.2 Å². The van der Waals surface area contributed by atoms with E-state index in [1.54, 1.807) is 34.9 Å². The quantitative estimate of drug-likeness (QED) is 0.780. The van der Waals surface area contributed by atoms with Crippen molar-refractivity contribution in [3.05, 3.63) is 0 Å². The molecule has 0 bridgehead atoms. The highest BCUT2D eigenvalue weighted by Crippen LogP contribution is 2.29. The van der Waals surface area contributed by atoms with Crippen molar-refractivity contribution in [3.8, 4) is 0 Å². The van der Waals surface area contributed by atoms with Crippen LogP contribution in [0.1, 0.15) is 19.3 Å². The summed E-state index contributed by atoms with van der Waals surface area (Å²) >= 11 is 5.09. The van der Waals surface area contributed by atoms with Crippen molar-refractivity contribution in [2.75, 3.05) is 18.6 Å². The first-order valence-corrected chi connectivity index (χ1v) is 8.03. The summed E-state index contributed by atoms with van der Waals surface area (Å²) in [6.07, 6.45) is 6.17. The number of ether oxygens (including phenoxy) is 1. The molecule has 6 heteroatoms. The van der Waals surface area contributed by atoms with Crippen molar-refractivity contribution in [1.29, 1.82) is 0 Å². The van der Waals surface area contributed by atoms with Gasteiger partial charge in [0.25, 0.3) is 0 Å². The van der Waals surface area contributed by atoms with Crippen molar-refractivity contribution in [3.63, 3.8) is 0 Å². The molecule has 0 aliphatic carbocycles. The lowest BCUT2D eigenvalue weighted by Gasteiger charge is -2.21. The number of thioether (sulfide) groups is 2. The van der Waals surface area contributed by atoms with E-state index >= 15 is 0 Å². The van der Waals surface area contributed by atoms with Crippen molar-refractivity contribution in [2.24, 2.45) is 0 Å². The van der Waals surface area contributed by atoms with E-state index in [1.165, 1.54) is 19.3 Å². The first-order valence-electron chi connectivity index (χ1n) is 5.00. The van der Waals surface area contributed by atoms with E-state index in [9.17, 15) is 0 Å². The van der Waals surface area contributed by atoms with Gasteiger partial charge in [0.15, 0.2) is 8.68 Å². The van der Waals surface area contributed by atoms with Crippen LogP contribution < -0.4 is 0 Å². The molecule has 1 aromatic rings. The highest BCUT2D eigenvalue weighted by atomic mass is 32.2. The number of hydrogen-bond acceptors (Lipinski definition) is 6. The SMILES string of the molecule is CSc1nnc(SCC2CCCCO2)s1. The van der Waals surface area contributed by atoms with Crippen LogP contribution in [0.3, 0.4) is 0 Å². The topological polar surface area (TPSA) is 35.0 Å². The summed E-state index contributed by atoms with van der Waals surface area (Å²) in [7, 11) is 0. The Morgan fingerprint density at radius 1 is 1.40 bits per heavy atom. The molecule has 1 unspecified atom stereocenters. The second kappa shape index (κ2) is 6.08. The number of nitrogens with zero attached hydrogens (tertiary/aromatic N) is 2. The Bertz CT molecular complexity index is 299. The minimum atomic E-state index is 0.422. The summed E-state index contributed by atoms with van der Waals surface area (Å²) in [5.41, 5.74) is 0. The van der Waals surface area contributed by atoms with Gasteiger partial charge in [-0.3, -0.25) is 0 Å². The Morgan fingerprint density at radius 2 is 2.27 bits per heavy atom. The highest BCUT2D eigenvalue weighted by molar-refractivity contribution is 8.02. The first-order chi connectivity index (χ1) is 7.38. The molecule has 1 atom stereocenters. The molecule has 1 aromatic heterocycles. The van der Waals surface area contributed by atoms with Gasteiger partial charge >= 0.3 is 0 Å². The average Bonchev–Trinajstić information content (AvgIpc) is 2.76. The van der Waals surface area contributed by atoms with E-state index in [0.717, 1.165) is 21.0 Å². The maximum atomic E-state index is 5.66. The van der Waals surface area contributed by atoms with E-state index in [-0.39, 0.29) is 0 Å². The van der Waals surface area contributed by atoms with Crippen LogP contribution in [0.4, 0.5) is 0 Å². The van der Waals surface area contributed by atoms with Gasteiger partial charge in [-0.05, 0) is 25.5 Å². The molecule has 0 amide bonds. The Labute approximate surface area is 102 Å². The van der Waals surface area contributed by atoms with Crippen LogP contribution >= 0.6 is 34.9 Å². The second-order valence-corrected chi connectivity index (χ2v) is 6.64. The van der Waals surface area contributed by atoms with E-state index in [4.69, 9.17) is 4.74 Å². The van der Waals surface area contributed by atoms with Gasteiger partial charge in [-0.15, -0.1) is 10.2 Å². The minimum Gasteiger partial charge on any atom is -0.377 e. The van der Waals surface area contributed by atoms with Crippen LogP contribution in [0.2, 0.25) is 0 Å². The lowest BCUT2D eigenvalue weighted by molar-refractivity contribution is 0.0315. The fraction of sp³-hybridized carbons (Fsp3) is 0.778. The molecule has 2 heterocycles. The molecule has 1 saturated heterocycles. The molecular weight excluding hydrogens is 248 g/mol. The van der Waals surface area contributed by atoms with Crippen LogP contribution in [0.25, 0.3) is 0 Å². The Hall–Kier alpha value is 0.220. The highest BCUT2D eigenvalue weighted by Gasteiger charge is 2.15. The summed E-state index contributed by atoms with van der Waals surface area (Å²) in [4.78, 5) is 0. The summed E-state index contributed by atoms with van der Waals surface area (Å²) < 4.78 is 7.77. The van der Waals surface area contributed by atoms with Crippen LogP contribution in [0.15, 0.2) is 8.68 Å². The zero-order valence-corrected chi connectivity index (χ0v) is 11.1. The maximum absolute atomic E-state index is 5.66. The molecular formula is C9H14N2OS3. The summed E-state index contributed by atoms with van der Waals surface area (Å²) in [6, 6.07) is 0. The molecule has 1 aliphatic heterocycles. The largest absolute Gasteiger partial charge is 0.377 e. The maximum Gasteiger partial charge on any atom is 0.175 e. The molecule has 3 nitrogen and oxygen atoms in total. The second-order valence-electron chi connectivity index (χ2n) is 3.34. The fourth-order valence-electron chi connectivity index (χ4n) is 1.44. The van der Waals surface area contributed by atoms with E-state index in [0.29, 0.717) is 6.10 Å². The number of aromatic nitrogens is 2. The Balaban J connectivity index is 1.76. The standard InChI is InChI=1S/C9H14N2OS3/c1-13-8-10-11-9(15-8)14-6-7-4-2-3-5-12-7/h7H,2-6H2,1H3. The Morgan fingerprint density at radius 3 is 2.93 bits per heavy atom. The summed E-state index contributed by atoms with van der Waals surface area (Å²) in [6.45, 7) is 0.928. The van der Waals surface area contributed by atoms with E-state index in [2.05, 4.69) is 10.2 Å². The van der Waals surface area contributed by atoms with Crippen LogP contribution in [-0.4, -0.2) is 34.9 Å². The van der Waals surface area contributed by atoms with Gasteiger partial charge in [-0.25, -0.2) is 0 Å². The van der Waals surface area contributed by atoms with Crippen molar-refractivity contribution in [2.45, 2.75) is 34.0 Å². The molecule has 0 radical (unpaired) electrons. The normalized spacial score (nSPS) is 21.8. The van der Waals surface area contributed by atoms with Gasteiger partial charge in [0.05, 0.1) is 6.10 Å². The number of hydrogen-bond donors (Lipinski definition) is 0. The lowest BCUT2D eigenvalue weighted by Crippen LogP contribution is -2.21. The Kier molecular flexibility index (Phi) is 4.74.